The third kappa shape index (κ3) is 6.61. The van der Waals surface area contributed by atoms with Crippen molar-refractivity contribution in [2.45, 2.75) is 31.6 Å². The first-order valence-electron chi connectivity index (χ1n) is 6.77. The summed E-state index contributed by atoms with van der Waals surface area (Å²) in [5.41, 5.74) is 1.16. The molecule has 0 aliphatic carbocycles. The molecule has 0 aromatic heterocycles. The maximum absolute atomic E-state index is 11.7. The van der Waals surface area contributed by atoms with Crippen LogP contribution in [0.1, 0.15) is 37.2 Å². The highest BCUT2D eigenvalue weighted by atomic mass is 32.1. The maximum Gasteiger partial charge on any atom is 0.303 e. The van der Waals surface area contributed by atoms with Crippen LogP contribution in [0.25, 0.3) is 0 Å². The van der Waals surface area contributed by atoms with Crippen molar-refractivity contribution in [3.8, 4) is 0 Å². The average molecular weight is 295 g/mol. The van der Waals surface area contributed by atoms with E-state index in [4.69, 9.17) is 5.11 Å². The number of rotatable bonds is 9. The second kappa shape index (κ2) is 9.42. The first-order valence-corrected chi connectivity index (χ1v) is 7.41. The van der Waals surface area contributed by atoms with E-state index in [1.54, 1.807) is 0 Å². The van der Waals surface area contributed by atoms with Crippen LogP contribution in [0, 0.1) is 0 Å². The van der Waals surface area contributed by atoms with E-state index >= 15 is 0 Å². The second-order valence-corrected chi connectivity index (χ2v) is 5.06. The van der Waals surface area contributed by atoms with Gasteiger partial charge < -0.3 is 10.4 Å². The highest BCUT2D eigenvalue weighted by Crippen LogP contribution is 2.15. The summed E-state index contributed by atoms with van der Waals surface area (Å²) in [4.78, 5) is 22.0. The lowest BCUT2D eigenvalue weighted by Crippen LogP contribution is -2.28. The standard InChI is InChI=1S/C15H21NO3S/c17-14(8-4-5-9-15(18)19)16-10-13(11-20)12-6-2-1-3-7-12/h1-3,6-7,13,20H,4-5,8-11H2,(H,16,17)(H,18,19). The molecule has 0 heterocycles. The van der Waals surface area contributed by atoms with Gasteiger partial charge in [-0.2, -0.15) is 12.6 Å². The van der Waals surface area contributed by atoms with E-state index in [0.29, 0.717) is 31.6 Å². The van der Waals surface area contributed by atoms with Gasteiger partial charge in [-0.15, -0.1) is 0 Å². The van der Waals surface area contributed by atoms with E-state index in [0.717, 1.165) is 5.56 Å². The SMILES string of the molecule is O=C(O)CCCCC(=O)NCC(CS)c1ccccc1. The Labute approximate surface area is 125 Å². The van der Waals surface area contributed by atoms with Gasteiger partial charge in [0.1, 0.15) is 0 Å². The zero-order chi connectivity index (χ0) is 14.8. The molecule has 0 bridgehead atoms. The zero-order valence-electron chi connectivity index (χ0n) is 11.4. The molecule has 0 spiro atoms. The Balaban J connectivity index is 2.27. The molecule has 0 aliphatic rings. The number of carboxylic acid groups (broad SMARTS) is 1. The number of unbranched alkanes of at least 4 members (excludes halogenated alkanes) is 1. The number of benzene rings is 1. The summed E-state index contributed by atoms with van der Waals surface area (Å²) < 4.78 is 0. The number of thiol groups is 1. The van der Waals surface area contributed by atoms with Gasteiger partial charge in [0.15, 0.2) is 0 Å². The summed E-state index contributed by atoms with van der Waals surface area (Å²) in [5.74, 6) is 0.0220. The molecule has 110 valence electrons. The lowest BCUT2D eigenvalue weighted by molar-refractivity contribution is -0.137. The smallest absolute Gasteiger partial charge is 0.303 e. The molecule has 4 nitrogen and oxygen atoms in total. The Morgan fingerprint density at radius 1 is 1.15 bits per heavy atom. The van der Waals surface area contributed by atoms with Gasteiger partial charge in [0, 0.05) is 25.3 Å². The predicted octanol–water partition coefficient (Wildman–Crippen LogP) is 2.46. The normalized spacial score (nSPS) is 11.8. The molecular weight excluding hydrogens is 274 g/mol. The van der Waals surface area contributed by atoms with E-state index in [-0.39, 0.29) is 18.2 Å². The Kier molecular flexibility index (Phi) is 7.80. The van der Waals surface area contributed by atoms with Gasteiger partial charge in [0.05, 0.1) is 0 Å². The van der Waals surface area contributed by atoms with Crippen molar-refractivity contribution in [3.05, 3.63) is 35.9 Å². The van der Waals surface area contributed by atoms with E-state index in [1.165, 1.54) is 0 Å². The van der Waals surface area contributed by atoms with Gasteiger partial charge in [-0.3, -0.25) is 9.59 Å². The molecule has 0 saturated carbocycles. The lowest BCUT2D eigenvalue weighted by atomic mass is 10.0. The van der Waals surface area contributed by atoms with Gasteiger partial charge in [-0.1, -0.05) is 30.3 Å². The first-order chi connectivity index (χ1) is 9.63. The minimum atomic E-state index is -0.815. The summed E-state index contributed by atoms with van der Waals surface area (Å²) in [6.07, 6.45) is 1.64. The van der Waals surface area contributed by atoms with Crippen LogP contribution in [-0.4, -0.2) is 29.3 Å². The minimum Gasteiger partial charge on any atom is -0.481 e. The number of carbonyl (C=O) groups is 2. The fourth-order valence-corrected chi connectivity index (χ4v) is 2.24. The van der Waals surface area contributed by atoms with Crippen molar-refractivity contribution < 1.29 is 14.7 Å². The molecule has 0 aliphatic heterocycles. The highest BCUT2D eigenvalue weighted by Gasteiger charge is 2.11. The van der Waals surface area contributed by atoms with Crippen LogP contribution >= 0.6 is 12.6 Å². The predicted molar refractivity (Wildman–Crippen MR) is 82.1 cm³/mol. The molecule has 1 atom stereocenters. The molecule has 1 aromatic rings. The van der Waals surface area contributed by atoms with Crippen molar-refractivity contribution in [2.75, 3.05) is 12.3 Å². The molecule has 2 N–H and O–H groups in total. The summed E-state index contributed by atoms with van der Waals surface area (Å²) in [7, 11) is 0. The fourth-order valence-electron chi connectivity index (χ4n) is 1.90. The number of hydrogen-bond acceptors (Lipinski definition) is 3. The minimum absolute atomic E-state index is 0.0295. The van der Waals surface area contributed by atoms with E-state index < -0.39 is 5.97 Å². The monoisotopic (exact) mass is 295 g/mol. The van der Waals surface area contributed by atoms with Gasteiger partial charge in [0.2, 0.25) is 5.91 Å². The van der Waals surface area contributed by atoms with Crippen molar-refractivity contribution in [1.82, 2.24) is 5.32 Å². The van der Waals surface area contributed by atoms with Gasteiger partial charge in [-0.05, 0) is 24.2 Å². The molecule has 1 unspecified atom stereocenters. The summed E-state index contributed by atoms with van der Waals surface area (Å²) >= 11 is 4.32. The second-order valence-electron chi connectivity index (χ2n) is 4.70. The number of amides is 1. The Morgan fingerprint density at radius 2 is 1.80 bits per heavy atom. The topological polar surface area (TPSA) is 66.4 Å². The average Bonchev–Trinajstić information content (AvgIpc) is 2.45. The largest absolute Gasteiger partial charge is 0.481 e. The fraction of sp³-hybridized carbons (Fsp3) is 0.467. The van der Waals surface area contributed by atoms with E-state index in [1.807, 2.05) is 30.3 Å². The van der Waals surface area contributed by atoms with Crippen LogP contribution in [0.4, 0.5) is 0 Å². The third-order valence-electron chi connectivity index (χ3n) is 3.08. The summed E-state index contributed by atoms with van der Waals surface area (Å²) in [6, 6.07) is 9.96. The van der Waals surface area contributed by atoms with Crippen LogP contribution in [-0.2, 0) is 9.59 Å². The molecule has 0 saturated heterocycles. The molecule has 1 amide bonds. The quantitative estimate of drug-likeness (QED) is 0.484. The van der Waals surface area contributed by atoms with Crippen molar-refractivity contribution in [2.24, 2.45) is 0 Å². The van der Waals surface area contributed by atoms with Gasteiger partial charge >= 0.3 is 5.97 Å². The van der Waals surface area contributed by atoms with Crippen molar-refractivity contribution in [3.63, 3.8) is 0 Å². The Bertz CT molecular complexity index is 422. The van der Waals surface area contributed by atoms with E-state index in [9.17, 15) is 9.59 Å². The van der Waals surface area contributed by atoms with E-state index in [2.05, 4.69) is 17.9 Å². The molecule has 0 radical (unpaired) electrons. The third-order valence-corrected chi connectivity index (χ3v) is 3.52. The molecule has 20 heavy (non-hydrogen) atoms. The van der Waals surface area contributed by atoms with Crippen LogP contribution in [0.15, 0.2) is 30.3 Å². The van der Waals surface area contributed by atoms with Crippen LogP contribution in [0.5, 0.6) is 0 Å². The molecular formula is C15H21NO3S. The number of nitrogens with one attached hydrogen (secondary N) is 1. The Morgan fingerprint density at radius 3 is 2.40 bits per heavy atom. The maximum atomic E-state index is 11.7. The van der Waals surface area contributed by atoms with Gasteiger partial charge in [-0.25, -0.2) is 0 Å². The lowest BCUT2D eigenvalue weighted by Gasteiger charge is -2.15. The first kappa shape index (κ1) is 16.6. The highest BCUT2D eigenvalue weighted by molar-refractivity contribution is 7.80. The van der Waals surface area contributed by atoms with Crippen molar-refractivity contribution in [1.29, 1.82) is 0 Å². The molecule has 0 fully saturated rings. The number of carboxylic acids is 1. The number of aliphatic carboxylic acids is 1. The van der Waals surface area contributed by atoms with Crippen molar-refractivity contribution >= 4 is 24.5 Å². The van der Waals surface area contributed by atoms with Crippen LogP contribution < -0.4 is 5.32 Å². The van der Waals surface area contributed by atoms with Gasteiger partial charge in [0.25, 0.3) is 0 Å². The zero-order valence-corrected chi connectivity index (χ0v) is 12.3. The Hall–Kier alpha value is -1.49. The molecule has 1 rings (SSSR count). The summed E-state index contributed by atoms with van der Waals surface area (Å²) in [5, 5.41) is 11.4. The molecule has 5 heteroatoms. The van der Waals surface area contributed by atoms with Crippen LogP contribution in [0.2, 0.25) is 0 Å². The number of hydrogen-bond donors (Lipinski definition) is 3. The number of carbonyl (C=O) groups excluding carboxylic acids is 1. The summed E-state index contributed by atoms with van der Waals surface area (Å²) in [6.45, 7) is 0.561. The van der Waals surface area contributed by atoms with Crippen LogP contribution in [0.3, 0.4) is 0 Å². The molecule has 1 aromatic carbocycles.